The average Bonchev–Trinajstić information content (AvgIpc) is 2.41. The lowest BCUT2D eigenvalue weighted by Crippen LogP contribution is -2.17. The lowest BCUT2D eigenvalue weighted by atomic mass is 10.1. The molecule has 2 N–H and O–H groups in total. The van der Waals surface area contributed by atoms with E-state index in [4.69, 9.17) is 23.2 Å². The second-order valence-corrected chi connectivity index (χ2v) is 5.59. The molecule has 0 spiro atoms. The summed E-state index contributed by atoms with van der Waals surface area (Å²) < 4.78 is 0. The lowest BCUT2D eigenvalue weighted by molar-refractivity contribution is 0.465. The molecule has 0 heterocycles. The van der Waals surface area contributed by atoms with E-state index in [9.17, 15) is 5.11 Å². The first-order valence-corrected chi connectivity index (χ1v) is 7.25. The topological polar surface area (TPSA) is 32.3 Å². The van der Waals surface area contributed by atoms with Gasteiger partial charge in [-0.3, -0.25) is 0 Å². The molecule has 2 aromatic carbocycles. The summed E-state index contributed by atoms with van der Waals surface area (Å²) in [6, 6.07) is 11.6. The Balaban J connectivity index is 1.89. The van der Waals surface area contributed by atoms with Crippen LogP contribution in [0.3, 0.4) is 0 Å². The Kier molecular flexibility index (Phi) is 5.30. The molecule has 0 saturated carbocycles. The number of hydrogen-bond acceptors (Lipinski definition) is 2. The molecular weight excluding hydrogens is 293 g/mol. The molecule has 0 bridgehead atoms. The SMILES string of the molecule is Cc1ccccc1CCNCc1cc(Cl)cc(Cl)c1O. The van der Waals surface area contributed by atoms with Gasteiger partial charge in [-0.25, -0.2) is 0 Å². The molecule has 0 aromatic heterocycles. The highest BCUT2D eigenvalue weighted by molar-refractivity contribution is 6.35. The van der Waals surface area contributed by atoms with Crippen LogP contribution in [0.25, 0.3) is 0 Å². The molecule has 0 fully saturated rings. The molecule has 0 aliphatic heterocycles. The third-order valence-corrected chi connectivity index (χ3v) is 3.76. The van der Waals surface area contributed by atoms with E-state index in [0.29, 0.717) is 17.1 Å². The summed E-state index contributed by atoms with van der Waals surface area (Å²) in [5, 5.41) is 14.0. The van der Waals surface area contributed by atoms with E-state index in [2.05, 4.69) is 24.4 Å². The largest absolute Gasteiger partial charge is 0.506 e. The standard InChI is InChI=1S/C16H17Cl2NO/c1-11-4-2-3-5-12(11)6-7-19-10-13-8-14(17)9-15(18)16(13)20/h2-5,8-9,19-20H,6-7,10H2,1H3. The van der Waals surface area contributed by atoms with Crippen LogP contribution in [0, 0.1) is 6.92 Å². The zero-order chi connectivity index (χ0) is 14.5. The van der Waals surface area contributed by atoms with Crippen LogP contribution in [-0.4, -0.2) is 11.7 Å². The molecule has 2 aromatic rings. The van der Waals surface area contributed by atoms with Gasteiger partial charge in [-0.2, -0.15) is 0 Å². The quantitative estimate of drug-likeness (QED) is 0.805. The van der Waals surface area contributed by atoms with Gasteiger partial charge in [-0.1, -0.05) is 47.5 Å². The second kappa shape index (κ2) is 6.98. The van der Waals surface area contributed by atoms with Crippen molar-refractivity contribution in [2.45, 2.75) is 19.9 Å². The Morgan fingerprint density at radius 2 is 1.85 bits per heavy atom. The molecule has 0 radical (unpaired) electrons. The van der Waals surface area contributed by atoms with Crippen LogP contribution in [0.5, 0.6) is 5.75 Å². The summed E-state index contributed by atoms with van der Waals surface area (Å²) in [5.41, 5.74) is 3.34. The number of aromatic hydroxyl groups is 1. The van der Waals surface area contributed by atoms with E-state index < -0.39 is 0 Å². The molecule has 2 nitrogen and oxygen atoms in total. The third-order valence-electron chi connectivity index (χ3n) is 3.25. The normalized spacial score (nSPS) is 10.8. The minimum atomic E-state index is 0.0967. The maximum absolute atomic E-state index is 9.85. The molecule has 0 saturated heterocycles. The van der Waals surface area contributed by atoms with E-state index in [1.807, 2.05) is 12.1 Å². The first-order chi connectivity index (χ1) is 9.58. The summed E-state index contributed by atoms with van der Waals surface area (Å²) in [5.74, 6) is 0.0967. The van der Waals surface area contributed by atoms with E-state index in [1.165, 1.54) is 17.2 Å². The van der Waals surface area contributed by atoms with Crippen LogP contribution in [0.2, 0.25) is 10.0 Å². The molecule has 20 heavy (non-hydrogen) atoms. The minimum absolute atomic E-state index is 0.0967. The van der Waals surface area contributed by atoms with Crippen molar-refractivity contribution in [2.24, 2.45) is 0 Å². The van der Waals surface area contributed by atoms with Gasteiger partial charge in [0.25, 0.3) is 0 Å². The number of aryl methyl sites for hydroxylation is 1. The number of phenols is 1. The maximum atomic E-state index is 9.85. The number of nitrogens with one attached hydrogen (secondary N) is 1. The fourth-order valence-corrected chi connectivity index (χ4v) is 2.63. The van der Waals surface area contributed by atoms with Crippen LogP contribution >= 0.6 is 23.2 Å². The van der Waals surface area contributed by atoms with Crippen LogP contribution in [-0.2, 0) is 13.0 Å². The summed E-state index contributed by atoms with van der Waals surface area (Å²) in [7, 11) is 0. The van der Waals surface area contributed by atoms with Crippen molar-refractivity contribution < 1.29 is 5.11 Å². The Labute approximate surface area is 129 Å². The van der Waals surface area contributed by atoms with Crippen LogP contribution < -0.4 is 5.32 Å². The van der Waals surface area contributed by atoms with E-state index in [0.717, 1.165) is 13.0 Å². The van der Waals surface area contributed by atoms with Crippen molar-refractivity contribution in [3.05, 3.63) is 63.1 Å². The predicted octanol–water partition coefficient (Wildman–Crippen LogP) is 4.34. The van der Waals surface area contributed by atoms with Crippen molar-refractivity contribution in [3.8, 4) is 5.75 Å². The second-order valence-electron chi connectivity index (χ2n) is 4.75. The summed E-state index contributed by atoms with van der Waals surface area (Å²) in [4.78, 5) is 0. The highest BCUT2D eigenvalue weighted by Gasteiger charge is 2.07. The molecule has 4 heteroatoms. The summed E-state index contributed by atoms with van der Waals surface area (Å²) in [6.07, 6.45) is 0.946. The first kappa shape index (κ1) is 15.2. The van der Waals surface area contributed by atoms with E-state index in [-0.39, 0.29) is 10.8 Å². The van der Waals surface area contributed by atoms with Gasteiger partial charge in [-0.15, -0.1) is 0 Å². The van der Waals surface area contributed by atoms with Crippen molar-refractivity contribution in [2.75, 3.05) is 6.54 Å². The molecular formula is C16H17Cl2NO. The van der Waals surface area contributed by atoms with Gasteiger partial charge in [0.2, 0.25) is 0 Å². The van der Waals surface area contributed by atoms with Gasteiger partial charge in [0.15, 0.2) is 0 Å². The molecule has 106 valence electrons. The van der Waals surface area contributed by atoms with E-state index in [1.54, 1.807) is 6.07 Å². The fourth-order valence-electron chi connectivity index (χ4n) is 2.09. The summed E-state index contributed by atoms with van der Waals surface area (Å²) in [6.45, 7) is 3.48. The number of hydrogen-bond donors (Lipinski definition) is 2. The highest BCUT2D eigenvalue weighted by Crippen LogP contribution is 2.30. The lowest BCUT2D eigenvalue weighted by Gasteiger charge is -2.10. The average molecular weight is 310 g/mol. The van der Waals surface area contributed by atoms with Crippen LogP contribution in [0.15, 0.2) is 36.4 Å². The zero-order valence-corrected chi connectivity index (χ0v) is 12.8. The number of halogens is 2. The summed E-state index contributed by atoms with van der Waals surface area (Å²) >= 11 is 11.8. The molecule has 0 aliphatic carbocycles. The van der Waals surface area contributed by atoms with Gasteiger partial charge in [0, 0.05) is 17.1 Å². The van der Waals surface area contributed by atoms with Crippen molar-refractivity contribution in [3.63, 3.8) is 0 Å². The van der Waals surface area contributed by atoms with Crippen LogP contribution in [0.1, 0.15) is 16.7 Å². The zero-order valence-electron chi connectivity index (χ0n) is 11.3. The number of phenolic OH excluding ortho intramolecular Hbond substituents is 1. The maximum Gasteiger partial charge on any atom is 0.138 e. The predicted molar refractivity (Wildman–Crippen MR) is 84.7 cm³/mol. The van der Waals surface area contributed by atoms with Crippen molar-refractivity contribution in [1.82, 2.24) is 5.32 Å². The fraction of sp³-hybridized carbons (Fsp3) is 0.250. The van der Waals surface area contributed by atoms with Crippen LogP contribution in [0.4, 0.5) is 0 Å². The minimum Gasteiger partial charge on any atom is -0.506 e. The molecule has 0 unspecified atom stereocenters. The van der Waals surface area contributed by atoms with Crippen molar-refractivity contribution in [1.29, 1.82) is 0 Å². The molecule has 2 rings (SSSR count). The van der Waals surface area contributed by atoms with Gasteiger partial charge >= 0.3 is 0 Å². The van der Waals surface area contributed by atoms with Gasteiger partial charge in [-0.05, 0) is 43.1 Å². The smallest absolute Gasteiger partial charge is 0.138 e. The van der Waals surface area contributed by atoms with Gasteiger partial charge in [0.1, 0.15) is 5.75 Å². The van der Waals surface area contributed by atoms with Gasteiger partial charge < -0.3 is 10.4 Å². The molecule has 0 atom stereocenters. The Hall–Kier alpha value is -1.22. The highest BCUT2D eigenvalue weighted by atomic mass is 35.5. The monoisotopic (exact) mass is 309 g/mol. The number of benzene rings is 2. The first-order valence-electron chi connectivity index (χ1n) is 6.50. The molecule has 0 aliphatic rings. The van der Waals surface area contributed by atoms with Crippen molar-refractivity contribution >= 4 is 23.2 Å². The molecule has 0 amide bonds. The van der Waals surface area contributed by atoms with Gasteiger partial charge in [0.05, 0.1) is 5.02 Å². The third kappa shape index (κ3) is 3.89. The Bertz CT molecular complexity index is 599. The number of rotatable bonds is 5. The Morgan fingerprint density at radius 1 is 1.10 bits per heavy atom. The van der Waals surface area contributed by atoms with E-state index >= 15 is 0 Å². The Morgan fingerprint density at radius 3 is 2.60 bits per heavy atom.